The zero-order valence-electron chi connectivity index (χ0n) is 16.8. The van der Waals surface area contributed by atoms with Crippen LogP contribution >= 0.6 is 0 Å². The largest absolute Gasteiger partial charge is 0.480 e. The molecular formula is C20H31N3O4. The number of hydrogen-bond donors (Lipinski definition) is 1. The number of hydrogen-bond acceptors (Lipinski definition) is 5. The fraction of sp³-hybridized carbons (Fsp3) is 0.750. The highest BCUT2D eigenvalue weighted by atomic mass is 16.5. The van der Waals surface area contributed by atoms with E-state index in [1.54, 1.807) is 4.68 Å². The normalized spacial score (nSPS) is 25.6. The lowest BCUT2D eigenvalue weighted by Gasteiger charge is -2.33. The summed E-state index contributed by atoms with van der Waals surface area (Å²) in [6, 6.07) is -0.0842. The number of aryl methyl sites for hydroxylation is 1. The van der Waals surface area contributed by atoms with Gasteiger partial charge in [0.2, 0.25) is 0 Å². The molecule has 3 rings (SSSR count). The van der Waals surface area contributed by atoms with Crippen molar-refractivity contribution in [1.82, 2.24) is 14.7 Å². The van der Waals surface area contributed by atoms with E-state index in [1.165, 1.54) is 12.8 Å². The van der Waals surface area contributed by atoms with Gasteiger partial charge >= 0.3 is 11.9 Å². The van der Waals surface area contributed by atoms with Crippen molar-refractivity contribution in [2.75, 3.05) is 0 Å². The number of carbonyl (C=O) groups excluding carboxylic acids is 1. The summed E-state index contributed by atoms with van der Waals surface area (Å²) in [5.74, 6) is -0.553. The van der Waals surface area contributed by atoms with Gasteiger partial charge in [-0.25, -0.2) is 0 Å². The van der Waals surface area contributed by atoms with Crippen molar-refractivity contribution in [3.05, 3.63) is 17.0 Å². The molecule has 7 nitrogen and oxygen atoms in total. The Hall–Kier alpha value is -1.89. The molecule has 0 aromatic carbocycles. The standard InChI is InChI=1S/C20H31N3O4/c1-12(2)27-19(24)11-23-14(4)16(13(3)21-23)10-22-17-8-6-5-7-15(17)9-18(22)20(25)26/h12,15,17-18H,5-11H2,1-4H3,(H,25,26). The molecule has 3 atom stereocenters. The summed E-state index contributed by atoms with van der Waals surface area (Å²) >= 11 is 0. The predicted octanol–water partition coefficient (Wildman–Crippen LogP) is 2.67. The minimum Gasteiger partial charge on any atom is -0.480 e. The number of aliphatic carboxylic acids is 1. The fourth-order valence-electron chi connectivity index (χ4n) is 4.74. The van der Waals surface area contributed by atoms with Gasteiger partial charge < -0.3 is 9.84 Å². The molecule has 0 radical (unpaired) electrons. The highest BCUT2D eigenvalue weighted by Crippen LogP contribution is 2.41. The van der Waals surface area contributed by atoms with Crippen molar-refractivity contribution < 1.29 is 19.4 Å². The molecule has 150 valence electrons. The highest BCUT2D eigenvalue weighted by Gasteiger charge is 2.45. The van der Waals surface area contributed by atoms with E-state index in [-0.39, 0.29) is 18.6 Å². The number of nitrogens with zero attached hydrogens (tertiary/aromatic N) is 3. The second kappa shape index (κ2) is 8.00. The summed E-state index contributed by atoms with van der Waals surface area (Å²) in [6.07, 6.45) is 5.16. The number of rotatable bonds is 6. The molecule has 0 amide bonds. The molecule has 1 aromatic heterocycles. The third kappa shape index (κ3) is 4.18. The second-order valence-corrected chi connectivity index (χ2v) is 8.22. The minimum atomic E-state index is -0.729. The maximum Gasteiger partial charge on any atom is 0.328 e. The monoisotopic (exact) mass is 377 g/mol. The Bertz CT molecular complexity index is 712. The van der Waals surface area contributed by atoms with Crippen LogP contribution in [0.3, 0.4) is 0 Å². The molecule has 0 spiro atoms. The van der Waals surface area contributed by atoms with Gasteiger partial charge in [0, 0.05) is 23.8 Å². The first-order valence-electron chi connectivity index (χ1n) is 9.98. The number of carboxylic acid groups (broad SMARTS) is 1. The first-order chi connectivity index (χ1) is 12.8. The molecule has 2 fully saturated rings. The van der Waals surface area contributed by atoms with Gasteiger partial charge in [-0.3, -0.25) is 19.2 Å². The van der Waals surface area contributed by atoms with E-state index < -0.39 is 12.0 Å². The highest BCUT2D eigenvalue weighted by molar-refractivity contribution is 5.74. The maximum atomic E-state index is 12.0. The SMILES string of the molecule is Cc1nn(CC(=O)OC(C)C)c(C)c1CN1C(C(=O)O)CC2CCCCC21. The molecular weight excluding hydrogens is 346 g/mol. The van der Waals surface area contributed by atoms with Gasteiger partial charge in [-0.05, 0) is 52.9 Å². The first kappa shape index (κ1) is 19.9. The van der Waals surface area contributed by atoms with Gasteiger partial charge in [0.05, 0.1) is 11.8 Å². The summed E-state index contributed by atoms with van der Waals surface area (Å²) in [5, 5.41) is 14.2. The number of likely N-dealkylation sites (tertiary alicyclic amines) is 1. The van der Waals surface area contributed by atoms with Crippen LogP contribution in [0.15, 0.2) is 0 Å². The molecule has 2 aliphatic rings. The Labute approximate surface area is 160 Å². The quantitative estimate of drug-likeness (QED) is 0.767. The Balaban J connectivity index is 1.79. The van der Waals surface area contributed by atoms with Crippen molar-refractivity contribution in [1.29, 1.82) is 0 Å². The average molecular weight is 377 g/mol. The number of esters is 1. The lowest BCUT2D eigenvalue weighted by molar-refractivity contribution is -0.148. The summed E-state index contributed by atoms with van der Waals surface area (Å²) in [5.41, 5.74) is 2.80. The summed E-state index contributed by atoms with van der Waals surface area (Å²) < 4.78 is 6.90. The van der Waals surface area contributed by atoms with Gasteiger partial charge in [0.15, 0.2) is 0 Å². The number of carboxylic acids is 1. The molecule has 27 heavy (non-hydrogen) atoms. The van der Waals surface area contributed by atoms with Crippen molar-refractivity contribution in [3.63, 3.8) is 0 Å². The zero-order valence-corrected chi connectivity index (χ0v) is 16.8. The lowest BCUT2D eigenvalue weighted by atomic mass is 9.84. The Morgan fingerprint density at radius 3 is 2.63 bits per heavy atom. The van der Waals surface area contributed by atoms with Crippen molar-refractivity contribution in [2.24, 2.45) is 5.92 Å². The molecule has 1 aliphatic carbocycles. The van der Waals surface area contributed by atoms with E-state index in [4.69, 9.17) is 4.74 Å². The lowest BCUT2D eigenvalue weighted by Crippen LogP contribution is -2.41. The third-order valence-electron chi connectivity index (χ3n) is 6.02. The van der Waals surface area contributed by atoms with Crippen LogP contribution in [0.1, 0.15) is 62.9 Å². The molecule has 1 saturated carbocycles. The Kier molecular flexibility index (Phi) is 5.89. The third-order valence-corrected chi connectivity index (χ3v) is 6.02. The molecule has 1 saturated heterocycles. The predicted molar refractivity (Wildman–Crippen MR) is 100 cm³/mol. The van der Waals surface area contributed by atoms with Gasteiger partial charge in [0.1, 0.15) is 12.6 Å². The van der Waals surface area contributed by atoms with E-state index in [1.807, 2.05) is 27.7 Å². The smallest absolute Gasteiger partial charge is 0.328 e. The summed E-state index contributed by atoms with van der Waals surface area (Å²) in [4.78, 5) is 26.0. The van der Waals surface area contributed by atoms with Crippen LogP contribution in [0.4, 0.5) is 0 Å². The van der Waals surface area contributed by atoms with E-state index in [0.717, 1.165) is 36.2 Å². The zero-order chi connectivity index (χ0) is 19.7. The van der Waals surface area contributed by atoms with E-state index in [0.29, 0.717) is 18.5 Å². The topological polar surface area (TPSA) is 84.7 Å². The van der Waals surface area contributed by atoms with Crippen LogP contribution in [0.25, 0.3) is 0 Å². The number of ether oxygens (including phenoxy) is 1. The van der Waals surface area contributed by atoms with Crippen molar-refractivity contribution in [2.45, 2.75) is 91.1 Å². The van der Waals surface area contributed by atoms with Crippen molar-refractivity contribution >= 4 is 11.9 Å². The van der Waals surface area contributed by atoms with Gasteiger partial charge in [0.25, 0.3) is 0 Å². The Morgan fingerprint density at radius 1 is 1.26 bits per heavy atom. The molecule has 7 heteroatoms. The average Bonchev–Trinajstić information content (AvgIpc) is 3.07. The van der Waals surface area contributed by atoms with E-state index in [9.17, 15) is 14.7 Å². The summed E-state index contributed by atoms with van der Waals surface area (Å²) in [7, 11) is 0. The van der Waals surface area contributed by atoms with Crippen LogP contribution in [-0.2, 0) is 27.4 Å². The molecule has 1 aliphatic heterocycles. The van der Waals surface area contributed by atoms with E-state index >= 15 is 0 Å². The van der Waals surface area contributed by atoms with Crippen LogP contribution in [-0.4, -0.2) is 49.9 Å². The summed E-state index contributed by atoms with van der Waals surface area (Å²) in [6.45, 7) is 8.18. The first-order valence-corrected chi connectivity index (χ1v) is 9.98. The molecule has 0 bridgehead atoms. The van der Waals surface area contributed by atoms with Gasteiger partial charge in [-0.15, -0.1) is 0 Å². The number of fused-ring (bicyclic) bond motifs is 1. The van der Waals surface area contributed by atoms with Gasteiger partial charge in [-0.1, -0.05) is 12.8 Å². The molecule has 3 unspecified atom stereocenters. The molecule has 1 N–H and O–H groups in total. The second-order valence-electron chi connectivity index (χ2n) is 8.22. The van der Waals surface area contributed by atoms with Crippen LogP contribution in [0.2, 0.25) is 0 Å². The maximum absolute atomic E-state index is 12.0. The number of aromatic nitrogens is 2. The molecule has 2 heterocycles. The van der Waals surface area contributed by atoms with Crippen LogP contribution in [0, 0.1) is 19.8 Å². The van der Waals surface area contributed by atoms with Crippen LogP contribution in [0.5, 0.6) is 0 Å². The Morgan fingerprint density at radius 2 is 1.96 bits per heavy atom. The number of carbonyl (C=O) groups is 2. The van der Waals surface area contributed by atoms with E-state index in [2.05, 4.69) is 10.00 Å². The molecule has 1 aromatic rings. The fourth-order valence-corrected chi connectivity index (χ4v) is 4.74. The van der Waals surface area contributed by atoms with Crippen LogP contribution < -0.4 is 0 Å². The minimum absolute atomic E-state index is 0.0826. The van der Waals surface area contributed by atoms with Gasteiger partial charge in [-0.2, -0.15) is 5.10 Å². The van der Waals surface area contributed by atoms with Crippen molar-refractivity contribution in [3.8, 4) is 0 Å².